The zero-order chi connectivity index (χ0) is 15.0. The van der Waals surface area contributed by atoms with E-state index in [4.69, 9.17) is 21.3 Å². The first-order valence-corrected chi connectivity index (χ1v) is 7.32. The van der Waals surface area contributed by atoms with Crippen molar-refractivity contribution < 1.29 is 4.74 Å². The summed E-state index contributed by atoms with van der Waals surface area (Å²) in [5, 5.41) is -0.137. The van der Waals surface area contributed by atoms with Gasteiger partial charge in [0.2, 0.25) is 0 Å². The van der Waals surface area contributed by atoms with E-state index in [1.807, 2.05) is 43.3 Å². The van der Waals surface area contributed by atoms with Crippen molar-refractivity contribution in [3.63, 3.8) is 0 Å². The van der Waals surface area contributed by atoms with Gasteiger partial charge in [-0.3, -0.25) is 4.40 Å². The molecule has 1 atom stereocenters. The van der Waals surface area contributed by atoms with Crippen LogP contribution in [0.15, 0.2) is 42.5 Å². The number of rotatable bonds is 3. The Balaban J connectivity index is 2.31. The summed E-state index contributed by atoms with van der Waals surface area (Å²) in [6, 6.07) is 14.0. The Morgan fingerprint density at radius 1 is 1.19 bits per heavy atom. The quantitative estimate of drug-likeness (QED) is 0.660. The molecule has 0 N–H and O–H groups in total. The van der Waals surface area contributed by atoms with E-state index >= 15 is 0 Å². The molecular weight excluding hydrogens is 284 g/mol. The van der Waals surface area contributed by atoms with E-state index in [2.05, 4.69) is 17.4 Å². The Labute approximate surface area is 129 Å². The molecule has 2 heterocycles. The monoisotopic (exact) mass is 300 g/mol. The van der Waals surface area contributed by atoms with Crippen LogP contribution in [0.4, 0.5) is 0 Å². The molecular formula is C17H17ClN2O. The van der Waals surface area contributed by atoms with E-state index in [-0.39, 0.29) is 5.38 Å². The van der Waals surface area contributed by atoms with Crippen LogP contribution in [0.1, 0.15) is 23.7 Å². The van der Waals surface area contributed by atoms with Gasteiger partial charge in [0.25, 0.3) is 0 Å². The predicted octanol–water partition coefficient (Wildman–Crippen LogP) is 4.62. The molecule has 108 valence electrons. The highest BCUT2D eigenvalue weighted by Crippen LogP contribution is 2.34. The second-order valence-electron chi connectivity index (χ2n) is 5.05. The van der Waals surface area contributed by atoms with Gasteiger partial charge < -0.3 is 4.74 Å². The van der Waals surface area contributed by atoms with E-state index < -0.39 is 0 Å². The number of fused-ring (bicyclic) bond motifs is 1. The number of aryl methyl sites for hydroxylation is 1. The Kier molecular flexibility index (Phi) is 3.60. The van der Waals surface area contributed by atoms with Crippen LogP contribution >= 0.6 is 11.6 Å². The van der Waals surface area contributed by atoms with Crippen LogP contribution < -0.4 is 4.74 Å². The normalized spacial score (nSPS) is 12.6. The third kappa shape index (κ3) is 2.38. The molecule has 0 radical (unpaired) electrons. The molecule has 21 heavy (non-hydrogen) atoms. The van der Waals surface area contributed by atoms with Crippen molar-refractivity contribution >= 4 is 17.2 Å². The van der Waals surface area contributed by atoms with Crippen LogP contribution in [-0.2, 0) is 0 Å². The molecule has 0 aliphatic rings. The molecule has 1 aromatic carbocycles. The Morgan fingerprint density at radius 2 is 1.95 bits per heavy atom. The van der Waals surface area contributed by atoms with Crippen LogP contribution in [0.2, 0.25) is 0 Å². The van der Waals surface area contributed by atoms with E-state index in [0.717, 1.165) is 34.0 Å². The van der Waals surface area contributed by atoms with Crippen molar-refractivity contribution in [1.82, 2.24) is 9.38 Å². The van der Waals surface area contributed by atoms with Gasteiger partial charge in [0.15, 0.2) is 0 Å². The van der Waals surface area contributed by atoms with Gasteiger partial charge in [0, 0.05) is 11.3 Å². The molecule has 0 spiro atoms. The van der Waals surface area contributed by atoms with Crippen molar-refractivity contribution in [2.24, 2.45) is 0 Å². The number of imidazole rings is 1. The zero-order valence-electron chi connectivity index (χ0n) is 12.3. The van der Waals surface area contributed by atoms with Gasteiger partial charge in [-0.05, 0) is 38.1 Å². The third-order valence-corrected chi connectivity index (χ3v) is 3.80. The van der Waals surface area contributed by atoms with Crippen molar-refractivity contribution in [3.05, 3.63) is 53.9 Å². The van der Waals surface area contributed by atoms with Crippen molar-refractivity contribution in [2.75, 3.05) is 7.11 Å². The minimum Gasteiger partial charge on any atom is -0.497 e. The number of benzene rings is 1. The maximum absolute atomic E-state index is 6.43. The first kappa shape index (κ1) is 14.0. The van der Waals surface area contributed by atoms with E-state index in [1.54, 1.807) is 7.11 Å². The maximum atomic E-state index is 6.43. The zero-order valence-corrected chi connectivity index (χ0v) is 13.1. The van der Waals surface area contributed by atoms with Gasteiger partial charge in [0.05, 0.1) is 23.9 Å². The largest absolute Gasteiger partial charge is 0.497 e. The molecule has 0 amide bonds. The topological polar surface area (TPSA) is 26.5 Å². The van der Waals surface area contributed by atoms with Crippen LogP contribution in [0.25, 0.3) is 16.9 Å². The van der Waals surface area contributed by atoms with E-state index in [1.165, 1.54) is 0 Å². The van der Waals surface area contributed by atoms with Gasteiger partial charge in [-0.25, -0.2) is 4.98 Å². The van der Waals surface area contributed by atoms with Crippen molar-refractivity contribution in [2.45, 2.75) is 19.2 Å². The molecule has 0 aliphatic heterocycles. The third-order valence-electron chi connectivity index (χ3n) is 3.59. The molecule has 4 heteroatoms. The molecule has 0 aliphatic carbocycles. The Morgan fingerprint density at radius 3 is 2.67 bits per heavy atom. The highest BCUT2D eigenvalue weighted by molar-refractivity contribution is 6.20. The second-order valence-corrected chi connectivity index (χ2v) is 5.71. The summed E-state index contributed by atoms with van der Waals surface area (Å²) in [5.41, 5.74) is 4.97. The number of hydrogen-bond acceptors (Lipinski definition) is 2. The SMILES string of the molecule is COc1cccc(-c2nc3cccc(C)n3c2C(C)Cl)c1. The lowest BCUT2D eigenvalue weighted by molar-refractivity contribution is 0.415. The number of alkyl halides is 1. The number of ether oxygens (including phenoxy) is 1. The fraction of sp³-hybridized carbons (Fsp3) is 0.235. The fourth-order valence-electron chi connectivity index (χ4n) is 2.63. The van der Waals surface area contributed by atoms with Crippen molar-refractivity contribution in [3.8, 4) is 17.0 Å². The molecule has 0 saturated heterocycles. The summed E-state index contributed by atoms with van der Waals surface area (Å²) in [5.74, 6) is 0.814. The van der Waals surface area contributed by atoms with Gasteiger partial charge in [-0.15, -0.1) is 11.6 Å². The summed E-state index contributed by atoms with van der Waals surface area (Å²) in [7, 11) is 1.66. The molecule has 2 aromatic heterocycles. The average Bonchev–Trinajstić information content (AvgIpc) is 2.88. The first-order valence-electron chi connectivity index (χ1n) is 6.88. The van der Waals surface area contributed by atoms with Gasteiger partial charge >= 0.3 is 0 Å². The minimum atomic E-state index is -0.137. The molecule has 0 fully saturated rings. The average molecular weight is 301 g/mol. The number of hydrogen-bond donors (Lipinski definition) is 0. The summed E-state index contributed by atoms with van der Waals surface area (Å²) in [4.78, 5) is 4.76. The lowest BCUT2D eigenvalue weighted by Crippen LogP contribution is -1.98. The predicted molar refractivity (Wildman–Crippen MR) is 86.2 cm³/mol. The van der Waals surface area contributed by atoms with Crippen LogP contribution in [-0.4, -0.2) is 16.5 Å². The lowest BCUT2D eigenvalue weighted by atomic mass is 10.1. The second kappa shape index (κ2) is 5.41. The number of methoxy groups -OCH3 is 1. The number of nitrogens with zero attached hydrogens (tertiary/aromatic N) is 2. The molecule has 0 saturated carbocycles. The van der Waals surface area contributed by atoms with Crippen LogP contribution in [0, 0.1) is 6.92 Å². The number of halogens is 1. The van der Waals surface area contributed by atoms with Crippen LogP contribution in [0.5, 0.6) is 5.75 Å². The molecule has 3 nitrogen and oxygen atoms in total. The number of pyridine rings is 1. The smallest absolute Gasteiger partial charge is 0.137 e. The molecule has 3 aromatic rings. The molecule has 3 rings (SSSR count). The Bertz CT molecular complexity index is 793. The summed E-state index contributed by atoms with van der Waals surface area (Å²) < 4.78 is 7.42. The summed E-state index contributed by atoms with van der Waals surface area (Å²) >= 11 is 6.43. The van der Waals surface area contributed by atoms with Crippen molar-refractivity contribution in [1.29, 1.82) is 0 Å². The summed E-state index contributed by atoms with van der Waals surface area (Å²) in [6.07, 6.45) is 0. The van der Waals surface area contributed by atoms with Gasteiger partial charge in [-0.1, -0.05) is 18.2 Å². The maximum Gasteiger partial charge on any atom is 0.137 e. The van der Waals surface area contributed by atoms with Crippen LogP contribution in [0.3, 0.4) is 0 Å². The van der Waals surface area contributed by atoms with Gasteiger partial charge in [-0.2, -0.15) is 0 Å². The Hall–Kier alpha value is -2.00. The van der Waals surface area contributed by atoms with Gasteiger partial charge in [0.1, 0.15) is 11.4 Å². The number of aromatic nitrogens is 2. The standard InChI is InChI=1S/C17H17ClN2O/c1-11-6-4-9-15-19-16(17(12(2)18)20(11)15)13-7-5-8-14(10-13)21-3/h4-10,12H,1-3H3. The first-order chi connectivity index (χ1) is 10.1. The highest BCUT2D eigenvalue weighted by atomic mass is 35.5. The van der Waals surface area contributed by atoms with E-state index in [9.17, 15) is 0 Å². The lowest BCUT2D eigenvalue weighted by Gasteiger charge is -2.10. The summed E-state index contributed by atoms with van der Waals surface area (Å²) in [6.45, 7) is 4.04. The molecule has 1 unspecified atom stereocenters. The fourth-order valence-corrected chi connectivity index (χ4v) is 2.83. The minimum absolute atomic E-state index is 0.137. The van der Waals surface area contributed by atoms with E-state index in [0.29, 0.717) is 0 Å². The highest BCUT2D eigenvalue weighted by Gasteiger charge is 2.19. The molecule has 0 bridgehead atoms.